The standard InChI is InChI=1S/C23H30N2O6/c1-14-18(13-29-21-8-3-4-11-28-21)22(31-25-14)19-9-10-20(15(2)24-19)30-17-7-5-6-16(12-17)23(26)27/h9-10,16-17,21H,3-8,11-13H2,1-2H3,(H,26,27). The summed E-state index contributed by atoms with van der Waals surface area (Å²) >= 11 is 0. The number of carboxylic acids is 1. The number of aryl methyl sites for hydroxylation is 2. The van der Waals surface area contributed by atoms with Crippen molar-refractivity contribution in [3.8, 4) is 17.2 Å². The van der Waals surface area contributed by atoms with Gasteiger partial charge in [-0.1, -0.05) is 5.16 Å². The molecule has 2 fully saturated rings. The van der Waals surface area contributed by atoms with Crippen LogP contribution in [0.4, 0.5) is 0 Å². The Morgan fingerprint density at radius 3 is 2.77 bits per heavy atom. The molecule has 1 saturated carbocycles. The minimum atomic E-state index is -0.743. The topological polar surface area (TPSA) is 104 Å². The lowest BCUT2D eigenvalue weighted by molar-refractivity contribution is -0.168. The highest BCUT2D eigenvalue weighted by atomic mass is 16.7. The van der Waals surface area contributed by atoms with E-state index in [0.717, 1.165) is 55.7 Å². The third-order valence-electron chi connectivity index (χ3n) is 6.08. The Morgan fingerprint density at radius 1 is 1.16 bits per heavy atom. The van der Waals surface area contributed by atoms with Gasteiger partial charge in [-0.15, -0.1) is 0 Å². The first kappa shape index (κ1) is 21.8. The lowest BCUT2D eigenvalue weighted by Crippen LogP contribution is -2.29. The summed E-state index contributed by atoms with van der Waals surface area (Å²) in [6.45, 7) is 4.86. The molecule has 1 saturated heterocycles. The predicted octanol–water partition coefficient (Wildman–Crippen LogP) is 4.42. The molecule has 0 amide bonds. The number of rotatable bonds is 7. The minimum Gasteiger partial charge on any atom is -0.489 e. The van der Waals surface area contributed by atoms with Crippen molar-refractivity contribution in [2.75, 3.05) is 6.61 Å². The second kappa shape index (κ2) is 9.78. The number of pyridine rings is 1. The van der Waals surface area contributed by atoms with E-state index in [4.69, 9.17) is 18.7 Å². The lowest BCUT2D eigenvalue weighted by Gasteiger charge is -2.27. The van der Waals surface area contributed by atoms with Gasteiger partial charge in [-0.2, -0.15) is 0 Å². The fraction of sp³-hybridized carbons (Fsp3) is 0.609. The van der Waals surface area contributed by atoms with Gasteiger partial charge in [0.05, 0.1) is 35.6 Å². The van der Waals surface area contributed by atoms with Gasteiger partial charge >= 0.3 is 5.97 Å². The van der Waals surface area contributed by atoms with Crippen LogP contribution in [0.2, 0.25) is 0 Å². The zero-order valence-corrected chi connectivity index (χ0v) is 18.1. The Bertz CT molecular complexity index is 905. The third kappa shape index (κ3) is 5.25. The van der Waals surface area contributed by atoms with Gasteiger partial charge in [-0.05, 0) is 70.9 Å². The summed E-state index contributed by atoms with van der Waals surface area (Å²) in [5, 5.41) is 13.4. The molecule has 1 aliphatic heterocycles. The van der Waals surface area contributed by atoms with Crippen LogP contribution < -0.4 is 4.74 Å². The van der Waals surface area contributed by atoms with E-state index < -0.39 is 5.97 Å². The first-order valence-electron chi connectivity index (χ1n) is 11.1. The van der Waals surface area contributed by atoms with Gasteiger partial charge in [0.1, 0.15) is 11.4 Å². The number of carbonyl (C=O) groups is 1. The van der Waals surface area contributed by atoms with E-state index in [9.17, 15) is 9.90 Å². The van der Waals surface area contributed by atoms with E-state index >= 15 is 0 Å². The van der Waals surface area contributed by atoms with Crippen molar-refractivity contribution < 1.29 is 28.6 Å². The smallest absolute Gasteiger partial charge is 0.306 e. The summed E-state index contributed by atoms with van der Waals surface area (Å²) in [6.07, 6.45) is 5.75. The average Bonchev–Trinajstić information content (AvgIpc) is 3.15. The van der Waals surface area contributed by atoms with Crippen LogP contribution in [0.15, 0.2) is 16.7 Å². The van der Waals surface area contributed by atoms with Gasteiger partial charge in [0.15, 0.2) is 12.1 Å². The molecule has 3 unspecified atom stereocenters. The Morgan fingerprint density at radius 2 is 2.03 bits per heavy atom. The van der Waals surface area contributed by atoms with Crippen LogP contribution in [-0.2, 0) is 20.9 Å². The molecule has 2 aliphatic rings. The van der Waals surface area contributed by atoms with E-state index in [2.05, 4.69) is 10.1 Å². The highest BCUT2D eigenvalue weighted by Gasteiger charge is 2.28. The van der Waals surface area contributed by atoms with Crippen LogP contribution in [0, 0.1) is 19.8 Å². The van der Waals surface area contributed by atoms with Crippen molar-refractivity contribution >= 4 is 5.97 Å². The number of aliphatic carboxylic acids is 1. The minimum absolute atomic E-state index is 0.104. The number of hydrogen-bond acceptors (Lipinski definition) is 7. The van der Waals surface area contributed by atoms with E-state index in [1.807, 2.05) is 26.0 Å². The molecule has 0 bridgehead atoms. The maximum atomic E-state index is 11.3. The molecule has 0 aromatic carbocycles. The van der Waals surface area contributed by atoms with Crippen molar-refractivity contribution in [3.63, 3.8) is 0 Å². The van der Waals surface area contributed by atoms with Crippen molar-refractivity contribution in [3.05, 3.63) is 29.1 Å². The molecular weight excluding hydrogens is 400 g/mol. The molecule has 1 aliphatic carbocycles. The summed E-state index contributed by atoms with van der Waals surface area (Å²) in [7, 11) is 0. The van der Waals surface area contributed by atoms with Gasteiger partial charge in [0, 0.05) is 6.61 Å². The lowest BCUT2D eigenvalue weighted by atomic mass is 9.87. The third-order valence-corrected chi connectivity index (χ3v) is 6.08. The molecule has 8 nitrogen and oxygen atoms in total. The van der Waals surface area contributed by atoms with Crippen LogP contribution in [0.25, 0.3) is 11.5 Å². The summed E-state index contributed by atoms with van der Waals surface area (Å²) in [5.41, 5.74) is 3.03. The molecular formula is C23H30N2O6. The van der Waals surface area contributed by atoms with Gasteiger partial charge < -0.3 is 23.8 Å². The quantitative estimate of drug-likeness (QED) is 0.688. The predicted molar refractivity (Wildman–Crippen MR) is 112 cm³/mol. The number of aromatic nitrogens is 2. The van der Waals surface area contributed by atoms with E-state index in [0.29, 0.717) is 36.7 Å². The second-order valence-electron chi connectivity index (χ2n) is 8.40. The van der Waals surface area contributed by atoms with Crippen LogP contribution in [0.3, 0.4) is 0 Å². The molecule has 2 aromatic heterocycles. The number of carboxylic acid groups (broad SMARTS) is 1. The molecule has 168 valence electrons. The summed E-state index contributed by atoms with van der Waals surface area (Å²) in [4.78, 5) is 16.0. The summed E-state index contributed by atoms with van der Waals surface area (Å²) in [5.74, 6) is 0.183. The highest BCUT2D eigenvalue weighted by Crippen LogP contribution is 2.32. The summed E-state index contributed by atoms with van der Waals surface area (Å²) in [6, 6.07) is 3.72. The number of ether oxygens (including phenoxy) is 3. The Hall–Kier alpha value is -2.45. The van der Waals surface area contributed by atoms with Crippen molar-refractivity contribution in [1.82, 2.24) is 10.1 Å². The van der Waals surface area contributed by atoms with Crippen LogP contribution in [0.5, 0.6) is 5.75 Å². The highest BCUT2D eigenvalue weighted by molar-refractivity contribution is 5.70. The Balaban J connectivity index is 1.45. The largest absolute Gasteiger partial charge is 0.489 e. The van der Waals surface area contributed by atoms with Gasteiger partial charge in [0.25, 0.3) is 0 Å². The van der Waals surface area contributed by atoms with E-state index in [1.54, 1.807) is 0 Å². The van der Waals surface area contributed by atoms with Crippen LogP contribution in [-0.4, -0.2) is 40.2 Å². The maximum Gasteiger partial charge on any atom is 0.306 e. The first-order chi connectivity index (χ1) is 15.0. The molecule has 31 heavy (non-hydrogen) atoms. The molecule has 8 heteroatoms. The molecule has 0 spiro atoms. The van der Waals surface area contributed by atoms with Crippen molar-refractivity contribution in [1.29, 1.82) is 0 Å². The summed E-state index contributed by atoms with van der Waals surface area (Å²) < 4.78 is 23.3. The molecule has 3 atom stereocenters. The SMILES string of the molecule is Cc1nc(-c2onc(C)c2COC2CCCCO2)ccc1OC1CCCC(C(=O)O)C1. The van der Waals surface area contributed by atoms with E-state index in [-0.39, 0.29) is 18.3 Å². The fourth-order valence-electron chi connectivity index (χ4n) is 4.23. The average molecular weight is 431 g/mol. The molecule has 3 heterocycles. The maximum absolute atomic E-state index is 11.3. The zero-order chi connectivity index (χ0) is 21.8. The van der Waals surface area contributed by atoms with Gasteiger partial charge in [0.2, 0.25) is 0 Å². The normalized spacial score (nSPS) is 24.1. The van der Waals surface area contributed by atoms with E-state index in [1.165, 1.54) is 0 Å². The van der Waals surface area contributed by atoms with Gasteiger partial charge in [-0.3, -0.25) is 4.79 Å². The molecule has 2 aromatic rings. The van der Waals surface area contributed by atoms with Crippen LogP contribution in [0.1, 0.15) is 61.9 Å². The molecule has 0 radical (unpaired) electrons. The van der Waals surface area contributed by atoms with Gasteiger partial charge in [-0.25, -0.2) is 4.98 Å². The number of nitrogens with zero attached hydrogens (tertiary/aromatic N) is 2. The van der Waals surface area contributed by atoms with Crippen molar-refractivity contribution in [2.24, 2.45) is 5.92 Å². The van der Waals surface area contributed by atoms with Crippen molar-refractivity contribution in [2.45, 2.75) is 77.8 Å². The van der Waals surface area contributed by atoms with Crippen LogP contribution >= 0.6 is 0 Å². The second-order valence-corrected chi connectivity index (χ2v) is 8.40. The fourth-order valence-corrected chi connectivity index (χ4v) is 4.23. The number of hydrogen-bond donors (Lipinski definition) is 1. The zero-order valence-electron chi connectivity index (χ0n) is 18.1. The first-order valence-corrected chi connectivity index (χ1v) is 11.1. The monoisotopic (exact) mass is 430 g/mol. The Kier molecular flexibility index (Phi) is 6.87. The Labute approximate surface area is 181 Å². The molecule has 1 N–H and O–H groups in total. The molecule has 4 rings (SSSR count).